The first-order valence-corrected chi connectivity index (χ1v) is 4.72. The minimum absolute atomic E-state index is 0.315. The number of esters is 1. The van der Waals surface area contributed by atoms with Gasteiger partial charge >= 0.3 is 5.97 Å². The lowest BCUT2D eigenvalue weighted by Gasteiger charge is -2.05. The Labute approximate surface area is 89.9 Å². The van der Waals surface area contributed by atoms with E-state index in [9.17, 15) is 4.79 Å². The summed E-state index contributed by atoms with van der Waals surface area (Å²) in [5, 5.41) is 0. The molecule has 0 fully saturated rings. The second-order valence-corrected chi connectivity index (χ2v) is 3.20. The Balaban J connectivity index is 2.56. The van der Waals surface area contributed by atoms with Gasteiger partial charge in [-0.05, 0) is 31.1 Å². The molecule has 0 N–H and O–H groups in total. The molecule has 0 aromatic carbocycles. The first-order chi connectivity index (χ1) is 7.15. The molecule has 15 heavy (non-hydrogen) atoms. The molecule has 1 rings (SSSR count). The molecule has 1 aliphatic carbocycles. The van der Waals surface area contributed by atoms with Crippen molar-refractivity contribution in [3.05, 3.63) is 60.4 Å². The summed E-state index contributed by atoms with van der Waals surface area (Å²) in [5.74, 6) is 0.210. The standard InChI is InChI=1S/C13H14O2/c1-4-5-7-11(3)13(14)15-12-9-6-8-10(12)2/h4-5,7-9H,1,3,6H2,2H3/b7-5-. The first kappa shape index (κ1) is 11.2. The van der Waals surface area contributed by atoms with E-state index in [0.717, 1.165) is 12.0 Å². The Morgan fingerprint density at radius 3 is 2.80 bits per heavy atom. The summed E-state index contributed by atoms with van der Waals surface area (Å²) in [6.07, 6.45) is 9.50. The maximum absolute atomic E-state index is 11.5. The topological polar surface area (TPSA) is 26.3 Å². The summed E-state index contributed by atoms with van der Waals surface area (Å²) < 4.78 is 5.15. The molecular formula is C13H14O2. The minimum Gasteiger partial charge on any atom is -0.423 e. The van der Waals surface area contributed by atoms with Crippen molar-refractivity contribution in [2.45, 2.75) is 13.3 Å². The fourth-order valence-corrected chi connectivity index (χ4v) is 1.14. The Kier molecular flexibility index (Phi) is 3.86. The van der Waals surface area contributed by atoms with Crippen molar-refractivity contribution in [1.82, 2.24) is 0 Å². The fourth-order valence-electron chi connectivity index (χ4n) is 1.14. The molecule has 1 aliphatic rings. The largest absolute Gasteiger partial charge is 0.423 e. The maximum atomic E-state index is 11.5. The van der Waals surface area contributed by atoms with E-state index in [2.05, 4.69) is 13.2 Å². The quantitative estimate of drug-likeness (QED) is 0.398. The molecule has 0 radical (unpaired) electrons. The maximum Gasteiger partial charge on any atom is 0.342 e. The van der Waals surface area contributed by atoms with Crippen molar-refractivity contribution in [3.63, 3.8) is 0 Å². The van der Waals surface area contributed by atoms with Crippen LogP contribution in [0.1, 0.15) is 13.3 Å². The van der Waals surface area contributed by atoms with Crippen molar-refractivity contribution < 1.29 is 9.53 Å². The highest BCUT2D eigenvalue weighted by Gasteiger charge is 2.12. The molecule has 0 saturated heterocycles. The average molecular weight is 202 g/mol. The zero-order chi connectivity index (χ0) is 11.3. The predicted octanol–water partition coefficient (Wildman–Crippen LogP) is 3.06. The lowest BCUT2D eigenvalue weighted by Crippen LogP contribution is -2.05. The Morgan fingerprint density at radius 2 is 2.27 bits per heavy atom. The van der Waals surface area contributed by atoms with Crippen LogP contribution in [0.15, 0.2) is 60.4 Å². The Hall–Kier alpha value is -1.83. The van der Waals surface area contributed by atoms with Gasteiger partial charge in [0.1, 0.15) is 5.76 Å². The lowest BCUT2D eigenvalue weighted by atomic mass is 10.2. The second-order valence-electron chi connectivity index (χ2n) is 3.20. The summed E-state index contributed by atoms with van der Waals surface area (Å²) in [6, 6.07) is 0. The number of allylic oxidation sites excluding steroid dienone is 5. The Bertz CT molecular complexity index is 381. The van der Waals surface area contributed by atoms with Crippen LogP contribution in [0.4, 0.5) is 0 Å². The summed E-state index contributed by atoms with van der Waals surface area (Å²) in [4.78, 5) is 11.5. The normalized spacial score (nSPS) is 14.7. The molecule has 78 valence electrons. The molecule has 0 spiro atoms. The van der Waals surface area contributed by atoms with Gasteiger partial charge in [0.05, 0.1) is 5.57 Å². The molecule has 0 aromatic heterocycles. The smallest absolute Gasteiger partial charge is 0.342 e. The number of hydrogen-bond donors (Lipinski definition) is 0. The molecule has 0 heterocycles. The van der Waals surface area contributed by atoms with Gasteiger partial charge in [0, 0.05) is 0 Å². The molecular weight excluding hydrogens is 188 g/mol. The first-order valence-electron chi connectivity index (χ1n) is 4.72. The van der Waals surface area contributed by atoms with Crippen LogP contribution >= 0.6 is 0 Å². The zero-order valence-electron chi connectivity index (χ0n) is 8.82. The third-order valence-electron chi connectivity index (χ3n) is 2.01. The lowest BCUT2D eigenvalue weighted by molar-refractivity contribution is -0.134. The molecule has 0 unspecified atom stereocenters. The highest BCUT2D eigenvalue weighted by Crippen LogP contribution is 2.20. The van der Waals surface area contributed by atoms with Crippen molar-refractivity contribution in [2.75, 3.05) is 0 Å². The molecule has 2 nitrogen and oxygen atoms in total. The van der Waals surface area contributed by atoms with Crippen molar-refractivity contribution in [3.8, 4) is 0 Å². The summed E-state index contributed by atoms with van der Waals surface area (Å²) in [5.41, 5.74) is 1.30. The van der Waals surface area contributed by atoms with E-state index >= 15 is 0 Å². The molecule has 0 amide bonds. The second kappa shape index (κ2) is 5.15. The van der Waals surface area contributed by atoms with Crippen LogP contribution < -0.4 is 0 Å². The van der Waals surface area contributed by atoms with E-state index in [1.54, 1.807) is 18.2 Å². The van der Waals surface area contributed by atoms with Crippen LogP contribution in [-0.4, -0.2) is 5.97 Å². The number of ether oxygens (including phenoxy) is 1. The fraction of sp³-hybridized carbons (Fsp3) is 0.154. The number of hydrogen-bond acceptors (Lipinski definition) is 2. The van der Waals surface area contributed by atoms with Gasteiger partial charge in [0.2, 0.25) is 0 Å². The van der Waals surface area contributed by atoms with Crippen LogP contribution in [0.25, 0.3) is 0 Å². The third-order valence-corrected chi connectivity index (χ3v) is 2.01. The average Bonchev–Trinajstić information content (AvgIpc) is 2.61. The molecule has 0 atom stereocenters. The zero-order valence-corrected chi connectivity index (χ0v) is 8.82. The van der Waals surface area contributed by atoms with Gasteiger partial charge in [-0.15, -0.1) is 0 Å². The number of carbonyl (C=O) groups excluding carboxylic acids is 1. The van der Waals surface area contributed by atoms with Crippen molar-refractivity contribution in [1.29, 1.82) is 0 Å². The third kappa shape index (κ3) is 3.09. The SMILES string of the molecule is C=C/C=C\C(=C)C(=O)OC1=CCC=C1C. The molecule has 0 aliphatic heterocycles. The molecule has 0 aromatic rings. The van der Waals surface area contributed by atoms with Crippen LogP contribution in [0.3, 0.4) is 0 Å². The minimum atomic E-state index is -0.422. The summed E-state index contributed by atoms with van der Waals surface area (Å²) in [7, 11) is 0. The highest BCUT2D eigenvalue weighted by atomic mass is 16.5. The van der Waals surface area contributed by atoms with Crippen LogP contribution in [-0.2, 0) is 9.53 Å². The van der Waals surface area contributed by atoms with Gasteiger partial charge in [-0.3, -0.25) is 0 Å². The van der Waals surface area contributed by atoms with Gasteiger partial charge < -0.3 is 4.74 Å². The molecule has 2 heteroatoms. The predicted molar refractivity (Wildman–Crippen MR) is 61.0 cm³/mol. The van der Waals surface area contributed by atoms with Crippen LogP contribution in [0.2, 0.25) is 0 Å². The molecule has 0 bridgehead atoms. The van der Waals surface area contributed by atoms with Gasteiger partial charge in [-0.1, -0.05) is 31.4 Å². The van der Waals surface area contributed by atoms with Crippen molar-refractivity contribution >= 4 is 5.97 Å². The number of carbonyl (C=O) groups is 1. The van der Waals surface area contributed by atoms with Crippen molar-refractivity contribution in [2.24, 2.45) is 0 Å². The van der Waals surface area contributed by atoms with Gasteiger partial charge in [-0.25, -0.2) is 4.79 Å². The highest BCUT2D eigenvalue weighted by molar-refractivity contribution is 5.91. The van der Waals surface area contributed by atoms with E-state index in [1.165, 1.54) is 0 Å². The van der Waals surface area contributed by atoms with E-state index in [1.807, 2.05) is 19.1 Å². The van der Waals surface area contributed by atoms with E-state index in [0.29, 0.717) is 11.3 Å². The summed E-state index contributed by atoms with van der Waals surface area (Å²) >= 11 is 0. The van der Waals surface area contributed by atoms with Gasteiger partial charge in [0.15, 0.2) is 0 Å². The number of rotatable bonds is 4. The van der Waals surface area contributed by atoms with E-state index < -0.39 is 5.97 Å². The van der Waals surface area contributed by atoms with Crippen LogP contribution in [0.5, 0.6) is 0 Å². The van der Waals surface area contributed by atoms with Crippen LogP contribution in [0, 0.1) is 0 Å². The monoisotopic (exact) mass is 202 g/mol. The summed E-state index contributed by atoms with van der Waals surface area (Å²) in [6.45, 7) is 9.02. The molecule has 0 saturated carbocycles. The van der Waals surface area contributed by atoms with Gasteiger partial charge in [0.25, 0.3) is 0 Å². The van der Waals surface area contributed by atoms with Gasteiger partial charge in [-0.2, -0.15) is 0 Å². The van der Waals surface area contributed by atoms with E-state index in [4.69, 9.17) is 4.74 Å². The Morgan fingerprint density at radius 1 is 1.53 bits per heavy atom. The van der Waals surface area contributed by atoms with E-state index in [-0.39, 0.29) is 0 Å².